The summed E-state index contributed by atoms with van der Waals surface area (Å²) in [7, 11) is 0. The molecular weight excluding hydrogens is 424 g/mol. The number of hydrogen-bond donors (Lipinski definition) is 3. The standard InChI is InChI=1S/C28H34N4O2/c1-3-20(15-14-19(2)29-27(33)21-10-6-4-7-11-21)26-31-24-17-16-22(18-25(24)32-26)28(34)30-23-12-8-5-9-13-23/h3,10,14-18,23H,1,4-9,11-13H2,2H3,(H,29,33)(H,30,34)(H,31,32)/b19-14+,20-15+. The van der Waals surface area contributed by atoms with Gasteiger partial charge in [-0.3, -0.25) is 9.59 Å². The Kier molecular flexibility index (Phi) is 7.78. The molecule has 2 aromatic rings. The molecule has 2 aliphatic carbocycles. The fourth-order valence-electron chi connectivity index (χ4n) is 4.61. The first-order valence-corrected chi connectivity index (χ1v) is 12.4. The highest BCUT2D eigenvalue weighted by atomic mass is 16.2. The number of benzene rings is 1. The Bertz CT molecular complexity index is 1160. The minimum atomic E-state index is -0.0354. The van der Waals surface area contributed by atoms with E-state index in [9.17, 15) is 9.59 Å². The quantitative estimate of drug-likeness (QED) is 0.464. The van der Waals surface area contributed by atoms with Crippen LogP contribution in [0.2, 0.25) is 0 Å². The molecule has 0 bridgehead atoms. The highest BCUT2D eigenvalue weighted by molar-refractivity contribution is 5.98. The summed E-state index contributed by atoms with van der Waals surface area (Å²) < 4.78 is 0. The number of H-pyrrole nitrogens is 1. The second-order valence-electron chi connectivity index (χ2n) is 9.23. The Morgan fingerprint density at radius 2 is 1.91 bits per heavy atom. The number of rotatable bonds is 7. The number of hydrogen-bond acceptors (Lipinski definition) is 3. The molecule has 6 heteroatoms. The SMILES string of the molecule is C=C/C(=C\C=C(/C)NC(=O)C1=CCCCC1)c1nc2ccc(C(=O)NC3CCCCC3)cc2[nH]1. The zero-order valence-electron chi connectivity index (χ0n) is 20.0. The van der Waals surface area contributed by atoms with Crippen LogP contribution in [0.5, 0.6) is 0 Å². The number of nitrogens with one attached hydrogen (secondary N) is 3. The molecule has 178 valence electrons. The molecule has 2 aliphatic rings. The molecule has 6 nitrogen and oxygen atoms in total. The molecule has 2 amide bonds. The maximum absolute atomic E-state index is 12.7. The van der Waals surface area contributed by atoms with E-state index >= 15 is 0 Å². The van der Waals surface area contributed by atoms with Crippen LogP contribution in [0.3, 0.4) is 0 Å². The Balaban J connectivity index is 1.46. The van der Waals surface area contributed by atoms with Gasteiger partial charge in [0.15, 0.2) is 0 Å². The summed E-state index contributed by atoms with van der Waals surface area (Å²) in [5.41, 5.74) is 4.65. The first kappa shape index (κ1) is 23.7. The fraction of sp³-hybridized carbons (Fsp3) is 0.393. The number of fused-ring (bicyclic) bond motifs is 1. The fourth-order valence-corrected chi connectivity index (χ4v) is 4.61. The van der Waals surface area contributed by atoms with E-state index in [-0.39, 0.29) is 17.9 Å². The minimum absolute atomic E-state index is 0.0234. The molecule has 34 heavy (non-hydrogen) atoms. The predicted octanol–water partition coefficient (Wildman–Crippen LogP) is 5.72. The van der Waals surface area contributed by atoms with Crippen molar-refractivity contribution in [3.63, 3.8) is 0 Å². The molecule has 0 atom stereocenters. The van der Waals surface area contributed by atoms with Crippen molar-refractivity contribution < 1.29 is 9.59 Å². The summed E-state index contributed by atoms with van der Waals surface area (Å²) in [6.45, 7) is 5.78. The lowest BCUT2D eigenvalue weighted by Crippen LogP contribution is -2.36. The van der Waals surface area contributed by atoms with Gasteiger partial charge in [0.05, 0.1) is 11.0 Å². The number of aromatic nitrogens is 2. The van der Waals surface area contributed by atoms with Crippen molar-refractivity contribution in [2.24, 2.45) is 0 Å². The van der Waals surface area contributed by atoms with E-state index in [1.54, 1.807) is 6.08 Å². The van der Waals surface area contributed by atoms with Crippen molar-refractivity contribution in [3.8, 4) is 0 Å². The van der Waals surface area contributed by atoms with E-state index in [0.717, 1.165) is 66.4 Å². The van der Waals surface area contributed by atoms with Crippen molar-refractivity contribution in [1.82, 2.24) is 20.6 Å². The molecule has 0 unspecified atom stereocenters. The van der Waals surface area contributed by atoms with Crippen LogP contribution in [-0.4, -0.2) is 27.8 Å². The average molecular weight is 459 g/mol. The summed E-state index contributed by atoms with van der Waals surface area (Å²) in [5.74, 6) is 0.608. The second-order valence-corrected chi connectivity index (χ2v) is 9.23. The van der Waals surface area contributed by atoms with Crippen LogP contribution >= 0.6 is 0 Å². The third-order valence-corrected chi connectivity index (χ3v) is 6.58. The molecule has 0 saturated heterocycles. The van der Waals surface area contributed by atoms with Crippen LogP contribution in [0.25, 0.3) is 16.6 Å². The monoisotopic (exact) mass is 458 g/mol. The molecule has 1 fully saturated rings. The van der Waals surface area contributed by atoms with Crippen LogP contribution in [-0.2, 0) is 4.79 Å². The molecule has 1 saturated carbocycles. The lowest BCUT2D eigenvalue weighted by atomic mass is 9.95. The Labute approximate surface area is 201 Å². The normalized spacial score (nSPS) is 17.9. The number of amides is 2. The van der Waals surface area contributed by atoms with Crippen molar-refractivity contribution >= 4 is 28.4 Å². The van der Waals surface area contributed by atoms with Crippen molar-refractivity contribution in [3.05, 3.63) is 71.7 Å². The zero-order chi connectivity index (χ0) is 23.9. The van der Waals surface area contributed by atoms with Gasteiger partial charge in [0.1, 0.15) is 5.82 Å². The van der Waals surface area contributed by atoms with Gasteiger partial charge in [-0.05, 0) is 75.8 Å². The van der Waals surface area contributed by atoms with Gasteiger partial charge in [-0.1, -0.05) is 38.0 Å². The molecule has 1 heterocycles. The van der Waals surface area contributed by atoms with Crippen molar-refractivity contribution in [1.29, 1.82) is 0 Å². The summed E-state index contributed by atoms with van der Waals surface area (Å²) in [6.07, 6.45) is 17.3. The van der Waals surface area contributed by atoms with Crippen LogP contribution < -0.4 is 10.6 Å². The second kappa shape index (κ2) is 11.1. The lowest BCUT2D eigenvalue weighted by Gasteiger charge is -2.22. The summed E-state index contributed by atoms with van der Waals surface area (Å²) >= 11 is 0. The summed E-state index contributed by atoms with van der Waals surface area (Å²) in [5, 5.41) is 6.13. The van der Waals surface area contributed by atoms with Gasteiger partial charge in [-0.15, -0.1) is 0 Å². The molecule has 1 aromatic heterocycles. The molecule has 3 N–H and O–H groups in total. The lowest BCUT2D eigenvalue weighted by molar-refractivity contribution is -0.117. The van der Waals surface area contributed by atoms with E-state index in [1.165, 1.54) is 19.3 Å². The number of carbonyl (C=O) groups excluding carboxylic acids is 2. The summed E-state index contributed by atoms with van der Waals surface area (Å²) in [4.78, 5) is 33.1. The van der Waals surface area contributed by atoms with Gasteiger partial charge in [0.2, 0.25) is 0 Å². The van der Waals surface area contributed by atoms with E-state index in [0.29, 0.717) is 11.4 Å². The zero-order valence-corrected chi connectivity index (χ0v) is 20.0. The van der Waals surface area contributed by atoms with Crippen LogP contribution in [0.1, 0.15) is 80.9 Å². The molecule has 0 radical (unpaired) electrons. The van der Waals surface area contributed by atoms with Gasteiger partial charge in [-0.25, -0.2) is 4.98 Å². The van der Waals surface area contributed by atoms with E-state index in [1.807, 2.05) is 43.4 Å². The molecule has 0 aliphatic heterocycles. The van der Waals surface area contributed by atoms with Gasteiger partial charge in [0, 0.05) is 28.4 Å². The van der Waals surface area contributed by atoms with Gasteiger partial charge >= 0.3 is 0 Å². The van der Waals surface area contributed by atoms with E-state index in [2.05, 4.69) is 27.2 Å². The Hall–Kier alpha value is -3.41. The maximum Gasteiger partial charge on any atom is 0.251 e. The summed E-state index contributed by atoms with van der Waals surface area (Å²) in [6, 6.07) is 5.81. The number of aromatic amines is 1. The van der Waals surface area contributed by atoms with E-state index in [4.69, 9.17) is 0 Å². The average Bonchev–Trinajstić information content (AvgIpc) is 3.28. The highest BCUT2D eigenvalue weighted by Crippen LogP contribution is 2.22. The van der Waals surface area contributed by atoms with Gasteiger partial charge in [0.25, 0.3) is 11.8 Å². The van der Waals surface area contributed by atoms with Crippen molar-refractivity contribution in [2.75, 3.05) is 0 Å². The van der Waals surface area contributed by atoms with Crippen LogP contribution in [0, 0.1) is 0 Å². The smallest absolute Gasteiger partial charge is 0.251 e. The Morgan fingerprint density at radius 1 is 1.09 bits per heavy atom. The maximum atomic E-state index is 12.7. The van der Waals surface area contributed by atoms with Gasteiger partial charge in [-0.2, -0.15) is 0 Å². The molecular formula is C28H34N4O2. The third kappa shape index (κ3) is 5.93. The number of nitrogens with zero attached hydrogens (tertiary/aromatic N) is 1. The Morgan fingerprint density at radius 3 is 2.65 bits per heavy atom. The van der Waals surface area contributed by atoms with Crippen molar-refractivity contribution in [2.45, 2.75) is 70.8 Å². The third-order valence-electron chi connectivity index (χ3n) is 6.58. The number of imidazole rings is 1. The van der Waals surface area contributed by atoms with Crippen LogP contribution in [0.15, 0.2) is 60.4 Å². The first-order chi connectivity index (χ1) is 16.5. The number of allylic oxidation sites excluding steroid dienone is 6. The molecule has 1 aromatic carbocycles. The van der Waals surface area contributed by atoms with E-state index < -0.39 is 0 Å². The molecule has 4 rings (SSSR count). The minimum Gasteiger partial charge on any atom is -0.349 e. The topological polar surface area (TPSA) is 86.9 Å². The van der Waals surface area contributed by atoms with Gasteiger partial charge < -0.3 is 15.6 Å². The largest absolute Gasteiger partial charge is 0.349 e. The highest BCUT2D eigenvalue weighted by Gasteiger charge is 2.17. The number of carbonyl (C=O) groups is 2. The predicted molar refractivity (Wildman–Crippen MR) is 137 cm³/mol. The first-order valence-electron chi connectivity index (χ1n) is 12.4. The molecule has 0 spiro atoms. The van der Waals surface area contributed by atoms with Crippen LogP contribution in [0.4, 0.5) is 0 Å².